The van der Waals surface area contributed by atoms with Gasteiger partial charge < -0.3 is 4.90 Å². The van der Waals surface area contributed by atoms with Gasteiger partial charge >= 0.3 is 0 Å². The molecule has 1 fully saturated rings. The molecule has 1 aliphatic rings. The van der Waals surface area contributed by atoms with Crippen LogP contribution in [0.1, 0.15) is 40.0 Å². The van der Waals surface area contributed by atoms with E-state index >= 15 is 0 Å². The minimum Gasteiger partial charge on any atom is -0.306 e. The SMILES string of the molecule is CCCNC(C)(C#N)CCN(C)CC1CC1C. The molecule has 3 heteroatoms. The molecule has 1 rings (SSSR count). The Kier molecular flexibility index (Phi) is 5.42. The van der Waals surface area contributed by atoms with Crippen LogP contribution in [0.3, 0.4) is 0 Å². The van der Waals surface area contributed by atoms with Gasteiger partial charge in [0.1, 0.15) is 5.54 Å². The smallest absolute Gasteiger partial charge is 0.105 e. The summed E-state index contributed by atoms with van der Waals surface area (Å²) in [6.45, 7) is 9.58. The highest BCUT2D eigenvalue weighted by molar-refractivity contribution is 5.04. The van der Waals surface area contributed by atoms with Crippen LogP contribution < -0.4 is 5.32 Å². The van der Waals surface area contributed by atoms with E-state index in [4.69, 9.17) is 0 Å². The summed E-state index contributed by atoms with van der Waals surface area (Å²) in [5.74, 6) is 1.81. The van der Waals surface area contributed by atoms with Crippen molar-refractivity contribution in [2.24, 2.45) is 11.8 Å². The maximum absolute atomic E-state index is 9.23. The molecule has 1 N–H and O–H groups in total. The first-order valence-electron chi connectivity index (χ1n) is 6.85. The van der Waals surface area contributed by atoms with Crippen molar-refractivity contribution in [1.82, 2.24) is 10.2 Å². The zero-order valence-electron chi connectivity index (χ0n) is 11.8. The molecule has 98 valence electrons. The summed E-state index contributed by atoms with van der Waals surface area (Å²) >= 11 is 0. The van der Waals surface area contributed by atoms with Crippen molar-refractivity contribution in [2.45, 2.75) is 45.6 Å². The Morgan fingerprint density at radius 2 is 2.18 bits per heavy atom. The standard InChI is InChI=1S/C14H27N3/c1-5-7-16-14(3,11-15)6-8-17(4)10-13-9-12(13)2/h12-13,16H,5-10H2,1-4H3. The summed E-state index contributed by atoms with van der Waals surface area (Å²) in [5, 5.41) is 12.6. The van der Waals surface area contributed by atoms with Crippen LogP contribution >= 0.6 is 0 Å². The third-order valence-corrected chi connectivity index (χ3v) is 3.83. The largest absolute Gasteiger partial charge is 0.306 e. The quantitative estimate of drug-likeness (QED) is 0.704. The monoisotopic (exact) mass is 237 g/mol. The minimum atomic E-state index is -0.362. The molecule has 0 saturated heterocycles. The van der Waals surface area contributed by atoms with Crippen molar-refractivity contribution in [3.63, 3.8) is 0 Å². The zero-order chi connectivity index (χ0) is 12.9. The Morgan fingerprint density at radius 3 is 2.65 bits per heavy atom. The molecule has 0 heterocycles. The second-order valence-electron chi connectivity index (χ2n) is 5.86. The summed E-state index contributed by atoms with van der Waals surface area (Å²) in [7, 11) is 2.17. The van der Waals surface area contributed by atoms with Gasteiger partial charge in [-0.25, -0.2) is 0 Å². The molecular formula is C14H27N3. The summed E-state index contributed by atoms with van der Waals surface area (Å²) in [4.78, 5) is 2.37. The van der Waals surface area contributed by atoms with Crippen LogP contribution in [0.4, 0.5) is 0 Å². The van der Waals surface area contributed by atoms with Gasteiger partial charge in [-0.3, -0.25) is 5.32 Å². The van der Waals surface area contributed by atoms with Gasteiger partial charge in [-0.15, -0.1) is 0 Å². The normalized spacial score (nSPS) is 26.6. The molecule has 1 saturated carbocycles. The van der Waals surface area contributed by atoms with E-state index in [1.54, 1.807) is 0 Å². The molecule has 0 spiro atoms. The van der Waals surface area contributed by atoms with Crippen molar-refractivity contribution in [1.29, 1.82) is 5.26 Å². The van der Waals surface area contributed by atoms with Gasteiger partial charge in [-0.1, -0.05) is 13.8 Å². The van der Waals surface area contributed by atoms with E-state index in [0.717, 1.165) is 37.8 Å². The summed E-state index contributed by atoms with van der Waals surface area (Å²) < 4.78 is 0. The van der Waals surface area contributed by atoms with Crippen LogP contribution in [0, 0.1) is 23.2 Å². The lowest BCUT2D eigenvalue weighted by molar-refractivity contribution is 0.276. The Balaban J connectivity index is 2.24. The van der Waals surface area contributed by atoms with Gasteiger partial charge in [-0.05, 0) is 51.6 Å². The van der Waals surface area contributed by atoms with Crippen molar-refractivity contribution < 1.29 is 0 Å². The van der Waals surface area contributed by atoms with Crippen molar-refractivity contribution >= 4 is 0 Å². The molecule has 0 aromatic rings. The first-order chi connectivity index (χ1) is 8.00. The highest BCUT2D eigenvalue weighted by atomic mass is 15.1. The number of hydrogen-bond donors (Lipinski definition) is 1. The van der Waals surface area contributed by atoms with Gasteiger partial charge in [0.25, 0.3) is 0 Å². The second kappa shape index (κ2) is 6.37. The van der Waals surface area contributed by atoms with Crippen molar-refractivity contribution in [2.75, 3.05) is 26.7 Å². The number of hydrogen-bond acceptors (Lipinski definition) is 3. The predicted molar refractivity (Wildman–Crippen MR) is 71.7 cm³/mol. The molecule has 0 aromatic carbocycles. The minimum absolute atomic E-state index is 0.362. The summed E-state index contributed by atoms with van der Waals surface area (Å²) in [6.07, 6.45) is 3.36. The van der Waals surface area contributed by atoms with E-state index in [1.165, 1.54) is 13.0 Å². The average molecular weight is 237 g/mol. The number of nitrogens with one attached hydrogen (secondary N) is 1. The maximum atomic E-state index is 9.23. The van der Waals surface area contributed by atoms with Gasteiger partial charge in [0.15, 0.2) is 0 Å². The van der Waals surface area contributed by atoms with E-state index < -0.39 is 0 Å². The first kappa shape index (κ1) is 14.5. The van der Waals surface area contributed by atoms with E-state index in [9.17, 15) is 5.26 Å². The number of nitrogens with zero attached hydrogens (tertiary/aromatic N) is 2. The molecule has 17 heavy (non-hydrogen) atoms. The molecule has 1 aliphatic carbocycles. The highest BCUT2D eigenvalue weighted by Gasteiger charge is 2.33. The fraction of sp³-hybridized carbons (Fsp3) is 0.929. The fourth-order valence-electron chi connectivity index (χ4n) is 2.14. The van der Waals surface area contributed by atoms with Gasteiger partial charge in [0, 0.05) is 13.1 Å². The molecular weight excluding hydrogens is 210 g/mol. The first-order valence-corrected chi connectivity index (χ1v) is 6.85. The van der Waals surface area contributed by atoms with Gasteiger partial charge in [0.2, 0.25) is 0 Å². The van der Waals surface area contributed by atoms with Crippen LogP contribution in [-0.4, -0.2) is 37.1 Å². The van der Waals surface area contributed by atoms with E-state index in [2.05, 4.69) is 37.2 Å². The fourth-order valence-corrected chi connectivity index (χ4v) is 2.14. The topological polar surface area (TPSA) is 39.1 Å². The Bertz CT molecular complexity index is 271. The molecule has 3 unspecified atom stereocenters. The Morgan fingerprint density at radius 1 is 1.53 bits per heavy atom. The molecule has 0 radical (unpaired) electrons. The number of nitriles is 1. The molecule has 0 aliphatic heterocycles. The summed E-state index contributed by atoms with van der Waals surface area (Å²) in [6, 6.07) is 2.41. The lowest BCUT2D eigenvalue weighted by atomic mass is 9.99. The van der Waals surface area contributed by atoms with Crippen LogP contribution in [-0.2, 0) is 0 Å². The average Bonchev–Trinajstić information content (AvgIpc) is 2.99. The highest BCUT2D eigenvalue weighted by Crippen LogP contribution is 2.37. The Labute approximate surface area is 106 Å². The molecule has 0 amide bonds. The molecule has 3 atom stereocenters. The molecule has 0 bridgehead atoms. The van der Waals surface area contributed by atoms with E-state index in [-0.39, 0.29) is 5.54 Å². The van der Waals surface area contributed by atoms with Crippen molar-refractivity contribution in [3.8, 4) is 6.07 Å². The third kappa shape index (κ3) is 5.06. The van der Waals surface area contributed by atoms with Gasteiger partial charge in [-0.2, -0.15) is 5.26 Å². The zero-order valence-corrected chi connectivity index (χ0v) is 11.8. The third-order valence-electron chi connectivity index (χ3n) is 3.83. The van der Waals surface area contributed by atoms with Crippen LogP contribution in [0.2, 0.25) is 0 Å². The number of rotatable bonds is 8. The van der Waals surface area contributed by atoms with Crippen molar-refractivity contribution in [3.05, 3.63) is 0 Å². The predicted octanol–water partition coefficient (Wildman–Crippen LogP) is 2.25. The van der Waals surface area contributed by atoms with E-state index in [1.807, 2.05) is 6.92 Å². The molecule has 0 aromatic heterocycles. The van der Waals surface area contributed by atoms with E-state index in [0.29, 0.717) is 0 Å². The van der Waals surface area contributed by atoms with Gasteiger partial charge in [0.05, 0.1) is 6.07 Å². The maximum Gasteiger partial charge on any atom is 0.105 e. The van der Waals surface area contributed by atoms with Crippen LogP contribution in [0.15, 0.2) is 0 Å². The summed E-state index contributed by atoms with van der Waals surface area (Å²) in [5.41, 5.74) is -0.362. The van der Waals surface area contributed by atoms with Crippen LogP contribution in [0.5, 0.6) is 0 Å². The lowest BCUT2D eigenvalue weighted by Gasteiger charge is -2.26. The van der Waals surface area contributed by atoms with Crippen LogP contribution in [0.25, 0.3) is 0 Å². The second-order valence-corrected chi connectivity index (χ2v) is 5.86. The Hall–Kier alpha value is -0.590. The molecule has 3 nitrogen and oxygen atoms in total. The lowest BCUT2D eigenvalue weighted by Crippen LogP contribution is -2.44.